The van der Waals surface area contributed by atoms with Gasteiger partial charge in [0, 0.05) is 0 Å². The fraction of sp³-hybridized carbons (Fsp3) is 0. The van der Waals surface area contributed by atoms with Crippen molar-refractivity contribution in [1.82, 2.24) is 10.2 Å². The number of para-hydroxylation sites is 1. The number of carbonyl (C=O) groups excluding carboxylic acids is 1. The highest BCUT2D eigenvalue weighted by molar-refractivity contribution is 6.33. The van der Waals surface area contributed by atoms with E-state index in [9.17, 15) is 18.0 Å². The van der Waals surface area contributed by atoms with Crippen LogP contribution in [-0.2, 0) is 0 Å². The molecule has 0 radical (unpaired) electrons. The summed E-state index contributed by atoms with van der Waals surface area (Å²) in [6.45, 7) is 0. The number of halogens is 4. The van der Waals surface area contributed by atoms with Gasteiger partial charge in [0.05, 0.1) is 16.4 Å². The minimum absolute atomic E-state index is 0.0128. The molecule has 26 heavy (non-hydrogen) atoms. The van der Waals surface area contributed by atoms with Gasteiger partial charge in [-0.05, 0) is 36.4 Å². The smallest absolute Gasteiger partial charge is 0.276 e. The van der Waals surface area contributed by atoms with E-state index in [4.69, 9.17) is 11.6 Å². The third-order valence-corrected chi connectivity index (χ3v) is 3.65. The molecule has 1 aromatic heterocycles. The number of anilines is 3. The molecule has 1 amide bonds. The Kier molecular flexibility index (Phi) is 5.04. The first kappa shape index (κ1) is 17.7. The van der Waals surface area contributed by atoms with Crippen LogP contribution in [-0.4, -0.2) is 16.1 Å². The van der Waals surface area contributed by atoms with E-state index in [1.807, 2.05) is 0 Å². The average molecular weight is 379 g/mol. The van der Waals surface area contributed by atoms with Gasteiger partial charge in [-0.25, -0.2) is 13.2 Å². The minimum atomic E-state index is -1.60. The van der Waals surface area contributed by atoms with E-state index in [1.165, 1.54) is 12.1 Å². The van der Waals surface area contributed by atoms with Gasteiger partial charge in [0.15, 0.2) is 29.0 Å². The molecule has 0 unspecified atom stereocenters. The lowest BCUT2D eigenvalue weighted by Crippen LogP contribution is -2.15. The zero-order valence-corrected chi connectivity index (χ0v) is 13.7. The predicted octanol–water partition coefficient (Wildman–Crippen LogP) is 4.54. The molecule has 0 spiro atoms. The summed E-state index contributed by atoms with van der Waals surface area (Å²) in [6.07, 6.45) is 0. The molecule has 0 fully saturated rings. The van der Waals surface area contributed by atoms with E-state index in [1.54, 1.807) is 24.3 Å². The normalized spacial score (nSPS) is 10.5. The fourth-order valence-electron chi connectivity index (χ4n) is 2.03. The number of nitrogens with zero attached hydrogens (tertiary/aromatic N) is 2. The Morgan fingerprint density at radius 1 is 0.885 bits per heavy atom. The molecule has 0 aliphatic carbocycles. The molecule has 0 saturated carbocycles. The second-order valence-corrected chi connectivity index (χ2v) is 5.49. The summed E-state index contributed by atoms with van der Waals surface area (Å²) in [4.78, 5) is 12.1. The van der Waals surface area contributed by atoms with E-state index in [0.29, 0.717) is 10.7 Å². The topological polar surface area (TPSA) is 66.9 Å². The minimum Gasteiger partial charge on any atom is -0.336 e. The van der Waals surface area contributed by atoms with Gasteiger partial charge in [-0.1, -0.05) is 23.7 Å². The third-order valence-electron chi connectivity index (χ3n) is 3.32. The molecule has 1 heterocycles. The summed E-state index contributed by atoms with van der Waals surface area (Å²) in [5.74, 6) is -4.78. The Bertz CT molecular complexity index is 967. The first-order valence-electron chi connectivity index (χ1n) is 7.26. The SMILES string of the molecule is O=C(Nc1ccccc1Cl)c1ccc(Nc2ccc(F)c(F)c2F)nn1. The predicted molar refractivity (Wildman–Crippen MR) is 91.0 cm³/mol. The highest BCUT2D eigenvalue weighted by Crippen LogP contribution is 2.23. The van der Waals surface area contributed by atoms with E-state index >= 15 is 0 Å². The van der Waals surface area contributed by atoms with E-state index < -0.39 is 23.4 Å². The number of aromatic nitrogens is 2. The zero-order valence-electron chi connectivity index (χ0n) is 12.9. The summed E-state index contributed by atoms with van der Waals surface area (Å²) in [6, 6.07) is 11.1. The fourth-order valence-corrected chi connectivity index (χ4v) is 2.21. The van der Waals surface area contributed by atoms with Crippen molar-refractivity contribution in [1.29, 1.82) is 0 Å². The molecule has 9 heteroatoms. The zero-order chi connectivity index (χ0) is 18.7. The highest BCUT2D eigenvalue weighted by Gasteiger charge is 2.15. The molecule has 3 rings (SSSR count). The molecule has 2 aromatic carbocycles. The van der Waals surface area contributed by atoms with E-state index in [-0.39, 0.29) is 17.2 Å². The Morgan fingerprint density at radius 3 is 2.35 bits per heavy atom. The summed E-state index contributed by atoms with van der Waals surface area (Å²) < 4.78 is 39.8. The van der Waals surface area contributed by atoms with Crippen LogP contribution in [0.1, 0.15) is 10.5 Å². The quantitative estimate of drug-likeness (QED) is 0.654. The molecule has 2 N–H and O–H groups in total. The van der Waals surface area contributed by atoms with Gasteiger partial charge in [0.25, 0.3) is 5.91 Å². The highest BCUT2D eigenvalue weighted by atomic mass is 35.5. The monoisotopic (exact) mass is 378 g/mol. The summed E-state index contributed by atoms with van der Waals surface area (Å²) in [5, 5.41) is 12.8. The van der Waals surface area contributed by atoms with Crippen molar-refractivity contribution in [2.24, 2.45) is 0 Å². The van der Waals surface area contributed by atoms with Crippen LogP contribution in [0, 0.1) is 17.5 Å². The number of rotatable bonds is 4. The maximum Gasteiger partial charge on any atom is 0.276 e. The molecule has 0 saturated heterocycles. The van der Waals surface area contributed by atoms with Gasteiger partial charge in [-0.3, -0.25) is 4.79 Å². The number of carbonyl (C=O) groups is 1. The van der Waals surface area contributed by atoms with Crippen LogP contribution in [0.25, 0.3) is 0 Å². The van der Waals surface area contributed by atoms with Gasteiger partial charge in [0.2, 0.25) is 0 Å². The lowest BCUT2D eigenvalue weighted by molar-refractivity contribution is 0.102. The van der Waals surface area contributed by atoms with Crippen LogP contribution in [0.4, 0.5) is 30.4 Å². The number of nitrogens with one attached hydrogen (secondary N) is 2. The van der Waals surface area contributed by atoms with Crippen molar-refractivity contribution < 1.29 is 18.0 Å². The number of benzene rings is 2. The van der Waals surface area contributed by atoms with Crippen molar-refractivity contribution in [3.8, 4) is 0 Å². The second-order valence-electron chi connectivity index (χ2n) is 5.09. The number of hydrogen-bond acceptors (Lipinski definition) is 4. The lowest BCUT2D eigenvalue weighted by atomic mass is 10.2. The second kappa shape index (κ2) is 7.40. The van der Waals surface area contributed by atoms with Gasteiger partial charge in [0.1, 0.15) is 0 Å². The largest absolute Gasteiger partial charge is 0.336 e. The summed E-state index contributed by atoms with van der Waals surface area (Å²) >= 11 is 5.96. The van der Waals surface area contributed by atoms with Crippen LogP contribution < -0.4 is 10.6 Å². The Labute approximate surface area is 150 Å². The first-order valence-corrected chi connectivity index (χ1v) is 7.63. The van der Waals surface area contributed by atoms with Crippen molar-refractivity contribution in [3.63, 3.8) is 0 Å². The first-order chi connectivity index (χ1) is 12.5. The Balaban J connectivity index is 1.73. The van der Waals surface area contributed by atoms with Crippen LogP contribution in [0.15, 0.2) is 48.5 Å². The maximum atomic E-state index is 13.6. The molecule has 0 bridgehead atoms. The van der Waals surface area contributed by atoms with E-state index in [0.717, 1.165) is 12.1 Å². The van der Waals surface area contributed by atoms with Crippen molar-refractivity contribution in [3.05, 3.63) is 76.7 Å². The van der Waals surface area contributed by atoms with Crippen LogP contribution in [0.3, 0.4) is 0 Å². The molecule has 0 aliphatic rings. The summed E-state index contributed by atoms with van der Waals surface area (Å²) in [5.41, 5.74) is 0.0831. The summed E-state index contributed by atoms with van der Waals surface area (Å²) in [7, 11) is 0. The van der Waals surface area contributed by atoms with Crippen LogP contribution in [0.5, 0.6) is 0 Å². The van der Waals surface area contributed by atoms with Gasteiger partial charge < -0.3 is 10.6 Å². The standard InChI is InChI=1S/C17H10ClF3N4O/c18-9-3-1-2-4-11(9)23-17(26)13-7-8-14(25-24-13)22-12-6-5-10(19)15(20)16(12)21/h1-8H,(H,22,25)(H,23,26). The molecular formula is C17H10ClF3N4O. The molecule has 0 atom stereocenters. The molecular weight excluding hydrogens is 369 g/mol. The van der Waals surface area contributed by atoms with Crippen molar-refractivity contribution in [2.75, 3.05) is 10.6 Å². The van der Waals surface area contributed by atoms with E-state index in [2.05, 4.69) is 20.8 Å². The molecule has 5 nitrogen and oxygen atoms in total. The third kappa shape index (κ3) is 3.75. The average Bonchev–Trinajstić information content (AvgIpc) is 2.64. The van der Waals surface area contributed by atoms with Gasteiger partial charge in [-0.15, -0.1) is 10.2 Å². The van der Waals surface area contributed by atoms with Crippen LogP contribution >= 0.6 is 11.6 Å². The maximum absolute atomic E-state index is 13.6. The van der Waals surface area contributed by atoms with Crippen LogP contribution in [0.2, 0.25) is 5.02 Å². The Morgan fingerprint density at radius 2 is 1.65 bits per heavy atom. The Hall–Kier alpha value is -3.13. The number of amides is 1. The molecule has 132 valence electrons. The van der Waals surface area contributed by atoms with Crippen molar-refractivity contribution in [2.45, 2.75) is 0 Å². The lowest BCUT2D eigenvalue weighted by Gasteiger charge is -2.08. The van der Waals surface area contributed by atoms with Crippen molar-refractivity contribution >= 4 is 34.7 Å². The molecule has 3 aromatic rings. The number of hydrogen-bond donors (Lipinski definition) is 2. The van der Waals surface area contributed by atoms with Gasteiger partial charge in [-0.2, -0.15) is 0 Å². The molecule has 0 aliphatic heterocycles. The van der Waals surface area contributed by atoms with Gasteiger partial charge >= 0.3 is 0 Å².